The Bertz CT molecular complexity index is 558. The molecule has 1 saturated heterocycles. The standard InChI is InChI=1S/C18H27BN2O4.CH4O/c1-20-17(10-14-6-3-2-4-7-14)18(23)21-11-15(16(12-21)13-22)8-5-9-19(24)25;1-2/h2-4,6-7,13,15-17,20,24-25H,5,8-12H2,1H3;2H,1H3. The van der Waals surface area contributed by atoms with Crippen LogP contribution in [0.2, 0.25) is 6.32 Å². The second-order valence-corrected chi connectivity index (χ2v) is 6.75. The topological polar surface area (TPSA) is 110 Å². The van der Waals surface area contributed by atoms with Crippen LogP contribution in [0.3, 0.4) is 0 Å². The minimum atomic E-state index is -1.31. The van der Waals surface area contributed by atoms with Crippen molar-refractivity contribution >= 4 is 19.3 Å². The summed E-state index contributed by atoms with van der Waals surface area (Å²) in [6, 6.07) is 9.54. The third-order valence-corrected chi connectivity index (χ3v) is 4.94. The van der Waals surface area contributed by atoms with Crippen molar-refractivity contribution in [2.45, 2.75) is 31.6 Å². The molecule has 1 aromatic rings. The van der Waals surface area contributed by atoms with E-state index in [9.17, 15) is 9.59 Å². The number of benzene rings is 1. The van der Waals surface area contributed by atoms with E-state index in [2.05, 4.69) is 5.32 Å². The average molecular weight is 378 g/mol. The molecule has 0 saturated carbocycles. The fraction of sp³-hybridized carbons (Fsp3) is 0.579. The number of hydrogen-bond donors (Lipinski definition) is 4. The highest BCUT2D eigenvalue weighted by Gasteiger charge is 2.36. The Morgan fingerprint density at radius 3 is 2.52 bits per heavy atom. The number of amides is 1. The third kappa shape index (κ3) is 7.42. The van der Waals surface area contributed by atoms with Crippen LogP contribution in [-0.2, 0) is 16.0 Å². The summed E-state index contributed by atoms with van der Waals surface area (Å²) in [6.45, 7) is 0.998. The normalized spacial score (nSPS) is 19.8. The van der Waals surface area contributed by atoms with E-state index in [-0.39, 0.29) is 23.8 Å². The summed E-state index contributed by atoms with van der Waals surface area (Å²) >= 11 is 0. The predicted octanol–water partition coefficient (Wildman–Crippen LogP) is -0.0479. The zero-order valence-corrected chi connectivity index (χ0v) is 16.1. The largest absolute Gasteiger partial charge is 0.451 e. The van der Waals surface area contributed by atoms with E-state index in [0.717, 1.165) is 19.0 Å². The number of carbonyl (C=O) groups is 2. The molecule has 1 aromatic carbocycles. The van der Waals surface area contributed by atoms with Gasteiger partial charge in [0, 0.05) is 26.1 Å². The first-order valence-electron chi connectivity index (χ1n) is 9.31. The fourth-order valence-corrected chi connectivity index (χ4v) is 3.48. The molecule has 0 aliphatic carbocycles. The number of aldehydes is 1. The summed E-state index contributed by atoms with van der Waals surface area (Å²) in [5.74, 6) is -0.0636. The highest BCUT2D eigenvalue weighted by atomic mass is 16.4. The summed E-state index contributed by atoms with van der Waals surface area (Å²) in [5, 5.41) is 28.0. The van der Waals surface area contributed by atoms with Gasteiger partial charge in [-0.25, -0.2) is 0 Å². The number of aliphatic hydroxyl groups excluding tert-OH is 1. The quantitative estimate of drug-likeness (QED) is 0.354. The van der Waals surface area contributed by atoms with Crippen LogP contribution in [0.15, 0.2) is 30.3 Å². The van der Waals surface area contributed by atoms with Gasteiger partial charge in [-0.15, -0.1) is 0 Å². The summed E-state index contributed by atoms with van der Waals surface area (Å²) in [4.78, 5) is 26.0. The van der Waals surface area contributed by atoms with Crippen molar-refractivity contribution in [1.82, 2.24) is 10.2 Å². The van der Waals surface area contributed by atoms with Crippen LogP contribution in [0.5, 0.6) is 0 Å². The smallest absolute Gasteiger partial charge is 0.427 e. The molecule has 1 amide bonds. The van der Waals surface area contributed by atoms with E-state index in [1.54, 1.807) is 11.9 Å². The van der Waals surface area contributed by atoms with Gasteiger partial charge in [0.1, 0.15) is 6.29 Å². The number of nitrogens with one attached hydrogen (secondary N) is 1. The molecular formula is C19H31BN2O5. The number of likely N-dealkylation sites (tertiary alicyclic amines) is 1. The monoisotopic (exact) mass is 378 g/mol. The van der Waals surface area contributed by atoms with E-state index in [1.807, 2.05) is 30.3 Å². The highest BCUT2D eigenvalue weighted by Crippen LogP contribution is 2.27. The number of aliphatic hydroxyl groups is 1. The van der Waals surface area contributed by atoms with Crippen LogP contribution in [0, 0.1) is 11.8 Å². The van der Waals surface area contributed by atoms with Gasteiger partial charge in [-0.05, 0) is 37.7 Å². The van der Waals surface area contributed by atoms with Gasteiger partial charge >= 0.3 is 7.12 Å². The average Bonchev–Trinajstić information content (AvgIpc) is 3.11. The van der Waals surface area contributed by atoms with Gasteiger partial charge in [0.05, 0.1) is 6.04 Å². The fourth-order valence-electron chi connectivity index (χ4n) is 3.48. The first-order chi connectivity index (χ1) is 13.0. The third-order valence-electron chi connectivity index (χ3n) is 4.94. The molecular weight excluding hydrogens is 347 g/mol. The van der Waals surface area contributed by atoms with Crippen LogP contribution in [0.1, 0.15) is 18.4 Å². The Morgan fingerprint density at radius 2 is 1.96 bits per heavy atom. The number of hydrogen-bond acceptors (Lipinski definition) is 6. The van der Waals surface area contributed by atoms with Crippen molar-refractivity contribution in [2.75, 3.05) is 27.2 Å². The lowest BCUT2D eigenvalue weighted by Crippen LogP contribution is -2.45. The first-order valence-corrected chi connectivity index (χ1v) is 9.31. The van der Waals surface area contributed by atoms with Crippen molar-refractivity contribution in [3.8, 4) is 0 Å². The van der Waals surface area contributed by atoms with E-state index in [0.29, 0.717) is 38.7 Å². The molecule has 150 valence electrons. The predicted molar refractivity (Wildman–Crippen MR) is 105 cm³/mol. The Balaban J connectivity index is 0.00000176. The Hall–Kier alpha value is -1.74. The minimum Gasteiger partial charge on any atom is -0.427 e. The Labute approximate surface area is 161 Å². The molecule has 8 heteroatoms. The minimum absolute atomic E-state index is 0.0166. The lowest BCUT2D eigenvalue weighted by molar-refractivity contribution is -0.132. The van der Waals surface area contributed by atoms with E-state index >= 15 is 0 Å². The number of likely N-dealkylation sites (N-methyl/N-ethyl adjacent to an activating group) is 1. The second kappa shape index (κ2) is 12.6. The van der Waals surface area contributed by atoms with Crippen LogP contribution < -0.4 is 5.32 Å². The molecule has 1 aliphatic heterocycles. The molecule has 0 bridgehead atoms. The Morgan fingerprint density at radius 1 is 1.30 bits per heavy atom. The van der Waals surface area contributed by atoms with Gasteiger partial charge in [0.2, 0.25) is 5.91 Å². The molecule has 3 unspecified atom stereocenters. The number of carbonyl (C=O) groups excluding carboxylic acids is 2. The van der Waals surface area contributed by atoms with Crippen LogP contribution >= 0.6 is 0 Å². The van der Waals surface area contributed by atoms with Gasteiger partial charge in [-0.1, -0.05) is 36.8 Å². The van der Waals surface area contributed by atoms with E-state index in [1.165, 1.54) is 0 Å². The van der Waals surface area contributed by atoms with Gasteiger partial charge in [0.25, 0.3) is 0 Å². The highest BCUT2D eigenvalue weighted by molar-refractivity contribution is 6.40. The van der Waals surface area contributed by atoms with E-state index < -0.39 is 7.12 Å². The zero-order chi connectivity index (χ0) is 20.2. The van der Waals surface area contributed by atoms with Crippen molar-refractivity contribution in [3.05, 3.63) is 35.9 Å². The lowest BCUT2D eigenvalue weighted by Gasteiger charge is -2.23. The van der Waals surface area contributed by atoms with Crippen LogP contribution in [0.4, 0.5) is 0 Å². The molecule has 0 aromatic heterocycles. The molecule has 2 rings (SSSR count). The molecule has 1 heterocycles. The van der Waals surface area contributed by atoms with Crippen molar-refractivity contribution in [1.29, 1.82) is 0 Å². The molecule has 3 atom stereocenters. The molecule has 0 radical (unpaired) electrons. The first kappa shape index (κ1) is 23.3. The molecule has 27 heavy (non-hydrogen) atoms. The van der Waals surface area contributed by atoms with E-state index in [4.69, 9.17) is 15.2 Å². The van der Waals surface area contributed by atoms with Gasteiger partial charge in [-0.2, -0.15) is 0 Å². The summed E-state index contributed by atoms with van der Waals surface area (Å²) in [7, 11) is 1.46. The summed E-state index contributed by atoms with van der Waals surface area (Å²) in [5.41, 5.74) is 1.09. The van der Waals surface area contributed by atoms with Crippen molar-refractivity contribution in [2.24, 2.45) is 11.8 Å². The van der Waals surface area contributed by atoms with Crippen molar-refractivity contribution in [3.63, 3.8) is 0 Å². The summed E-state index contributed by atoms with van der Waals surface area (Å²) < 4.78 is 0. The summed E-state index contributed by atoms with van der Waals surface area (Å²) in [6.07, 6.45) is 3.18. The molecule has 7 nitrogen and oxygen atoms in total. The maximum atomic E-state index is 12.8. The molecule has 4 N–H and O–H groups in total. The second-order valence-electron chi connectivity index (χ2n) is 6.75. The zero-order valence-electron chi connectivity index (χ0n) is 16.1. The molecule has 1 aliphatic rings. The lowest BCUT2D eigenvalue weighted by atomic mass is 9.81. The van der Waals surface area contributed by atoms with Gasteiger partial charge in [-0.3, -0.25) is 4.79 Å². The number of nitrogens with zero attached hydrogens (tertiary/aromatic N) is 1. The van der Waals surface area contributed by atoms with Crippen LogP contribution in [-0.4, -0.2) is 72.7 Å². The molecule has 1 fully saturated rings. The van der Waals surface area contributed by atoms with Gasteiger partial charge < -0.3 is 30.2 Å². The molecule has 0 spiro atoms. The maximum Gasteiger partial charge on any atom is 0.451 e. The van der Waals surface area contributed by atoms with Crippen LogP contribution in [0.25, 0.3) is 0 Å². The Kier molecular flexibility index (Phi) is 10.9. The van der Waals surface area contributed by atoms with Gasteiger partial charge in [0.15, 0.2) is 0 Å². The maximum absolute atomic E-state index is 12.8. The number of rotatable bonds is 9. The SMILES string of the molecule is CNC(Cc1ccccc1)C(=O)N1CC(C=O)C(CCCB(O)O)C1.CO. The van der Waals surface area contributed by atoms with Crippen molar-refractivity contribution < 1.29 is 24.7 Å².